The van der Waals surface area contributed by atoms with E-state index in [9.17, 15) is 4.79 Å². The highest BCUT2D eigenvalue weighted by molar-refractivity contribution is 5.94. The van der Waals surface area contributed by atoms with E-state index in [2.05, 4.69) is 29.4 Å². The lowest BCUT2D eigenvalue weighted by Gasteiger charge is -2.07. The van der Waals surface area contributed by atoms with Gasteiger partial charge in [-0.1, -0.05) is 13.8 Å². The summed E-state index contributed by atoms with van der Waals surface area (Å²) in [5.74, 6) is 4.66. The molecule has 0 aliphatic heterocycles. The van der Waals surface area contributed by atoms with Crippen molar-refractivity contribution >= 4 is 11.7 Å². The molecule has 4 rings (SSSR count). The van der Waals surface area contributed by atoms with E-state index in [1.165, 1.54) is 19.3 Å². The van der Waals surface area contributed by atoms with E-state index >= 15 is 0 Å². The molecule has 4 unspecified atom stereocenters. The Balaban J connectivity index is 1.42. The van der Waals surface area contributed by atoms with E-state index in [0.29, 0.717) is 23.6 Å². The number of amides is 1. The zero-order valence-corrected chi connectivity index (χ0v) is 11.5. The number of carbonyl (C=O) groups excluding carboxylic acids is 1. The maximum Gasteiger partial charge on any atom is 0.229 e. The van der Waals surface area contributed by atoms with Crippen LogP contribution in [0.2, 0.25) is 0 Å². The molecule has 1 heterocycles. The van der Waals surface area contributed by atoms with Gasteiger partial charge in [0.2, 0.25) is 5.91 Å². The van der Waals surface area contributed by atoms with Crippen molar-refractivity contribution < 1.29 is 4.79 Å². The van der Waals surface area contributed by atoms with Gasteiger partial charge in [-0.2, -0.15) is 5.10 Å². The summed E-state index contributed by atoms with van der Waals surface area (Å²) >= 11 is 0. The molecule has 2 bridgehead atoms. The van der Waals surface area contributed by atoms with Crippen LogP contribution in [-0.2, 0) is 4.79 Å². The van der Waals surface area contributed by atoms with Crippen molar-refractivity contribution in [3.8, 4) is 0 Å². The number of hydrogen-bond donors (Lipinski definition) is 2. The van der Waals surface area contributed by atoms with E-state index in [1.54, 1.807) is 0 Å². The van der Waals surface area contributed by atoms with Gasteiger partial charge in [0.25, 0.3) is 0 Å². The van der Waals surface area contributed by atoms with Crippen molar-refractivity contribution in [2.45, 2.75) is 39.0 Å². The fourth-order valence-corrected chi connectivity index (χ4v) is 4.58. The van der Waals surface area contributed by atoms with Gasteiger partial charge in [0.15, 0.2) is 5.82 Å². The first-order valence-corrected chi connectivity index (χ1v) is 7.51. The quantitative estimate of drug-likeness (QED) is 0.877. The lowest BCUT2D eigenvalue weighted by molar-refractivity contribution is -0.118. The Morgan fingerprint density at radius 3 is 2.63 bits per heavy atom. The third kappa shape index (κ3) is 1.65. The molecular formula is C15H21N3O. The second-order valence-corrected chi connectivity index (χ2v) is 6.87. The van der Waals surface area contributed by atoms with Crippen LogP contribution in [0.15, 0.2) is 6.07 Å². The molecule has 1 amide bonds. The number of nitrogens with zero attached hydrogens (tertiary/aromatic N) is 1. The standard InChI is InChI=1S/C15H21N3O/c1-7(2)10-6-11(18-17-10)16-15(19)14-12-8-3-4-9(5-8)13(12)14/h6-9,12-14H,3-5H2,1-2H3,(H2,16,17,18,19). The zero-order valence-electron chi connectivity index (χ0n) is 11.5. The van der Waals surface area contributed by atoms with Crippen molar-refractivity contribution in [1.29, 1.82) is 0 Å². The normalized spacial score (nSPS) is 38.6. The summed E-state index contributed by atoms with van der Waals surface area (Å²) in [6.45, 7) is 4.23. The molecule has 3 aliphatic carbocycles. The first-order valence-electron chi connectivity index (χ1n) is 7.51. The number of nitrogens with one attached hydrogen (secondary N) is 2. The summed E-state index contributed by atoms with van der Waals surface area (Å²) in [4.78, 5) is 12.3. The van der Waals surface area contributed by atoms with Crippen LogP contribution < -0.4 is 5.32 Å². The highest BCUT2D eigenvalue weighted by atomic mass is 16.2. The predicted molar refractivity (Wildman–Crippen MR) is 72.6 cm³/mol. The molecule has 102 valence electrons. The average Bonchev–Trinajstić information content (AvgIpc) is 2.75. The van der Waals surface area contributed by atoms with Gasteiger partial charge in [0, 0.05) is 17.7 Å². The van der Waals surface area contributed by atoms with Gasteiger partial charge in [-0.05, 0) is 48.9 Å². The molecule has 3 aliphatic rings. The Bertz CT molecular complexity index is 505. The monoisotopic (exact) mass is 259 g/mol. The molecule has 1 aromatic rings. The molecule has 4 nitrogen and oxygen atoms in total. The van der Waals surface area contributed by atoms with Crippen LogP contribution in [-0.4, -0.2) is 16.1 Å². The number of rotatable bonds is 3. The Kier molecular flexibility index (Phi) is 2.32. The summed E-state index contributed by atoms with van der Waals surface area (Å²) in [5, 5.41) is 10.2. The van der Waals surface area contributed by atoms with Gasteiger partial charge in [-0.25, -0.2) is 0 Å². The summed E-state index contributed by atoms with van der Waals surface area (Å²) in [6, 6.07) is 1.95. The van der Waals surface area contributed by atoms with Crippen molar-refractivity contribution in [1.82, 2.24) is 10.2 Å². The number of carbonyl (C=O) groups is 1. The van der Waals surface area contributed by atoms with E-state index < -0.39 is 0 Å². The van der Waals surface area contributed by atoms with E-state index in [4.69, 9.17) is 0 Å². The number of hydrogen-bond acceptors (Lipinski definition) is 2. The minimum atomic E-state index is 0.202. The smallest absolute Gasteiger partial charge is 0.229 e. The zero-order chi connectivity index (χ0) is 13.1. The Morgan fingerprint density at radius 2 is 2.05 bits per heavy atom. The Morgan fingerprint density at radius 1 is 1.37 bits per heavy atom. The fraction of sp³-hybridized carbons (Fsp3) is 0.733. The third-order valence-corrected chi connectivity index (χ3v) is 5.51. The number of aromatic amines is 1. The van der Waals surface area contributed by atoms with Crippen LogP contribution in [0.25, 0.3) is 0 Å². The van der Waals surface area contributed by atoms with Crippen LogP contribution in [0, 0.1) is 29.6 Å². The molecule has 2 N–H and O–H groups in total. The topological polar surface area (TPSA) is 57.8 Å². The Labute approximate surface area is 113 Å². The molecule has 0 radical (unpaired) electrons. The molecule has 19 heavy (non-hydrogen) atoms. The van der Waals surface area contributed by atoms with Gasteiger partial charge in [-0.15, -0.1) is 0 Å². The largest absolute Gasteiger partial charge is 0.309 e. The molecular weight excluding hydrogens is 238 g/mol. The van der Waals surface area contributed by atoms with Crippen LogP contribution in [0.4, 0.5) is 5.82 Å². The number of aromatic nitrogens is 2. The lowest BCUT2D eigenvalue weighted by atomic mass is 10.0. The van der Waals surface area contributed by atoms with E-state index in [-0.39, 0.29) is 11.8 Å². The van der Waals surface area contributed by atoms with Gasteiger partial charge in [-0.3, -0.25) is 9.89 Å². The second kappa shape index (κ2) is 3.84. The molecule has 0 saturated heterocycles. The van der Waals surface area contributed by atoms with Crippen molar-refractivity contribution in [3.63, 3.8) is 0 Å². The van der Waals surface area contributed by atoms with Gasteiger partial charge >= 0.3 is 0 Å². The predicted octanol–water partition coefficient (Wildman–Crippen LogP) is 2.76. The maximum atomic E-state index is 12.3. The lowest BCUT2D eigenvalue weighted by Crippen LogP contribution is -2.18. The SMILES string of the molecule is CC(C)c1cc(NC(=O)C2C3C4CCC(C4)C23)n[nH]1. The van der Waals surface area contributed by atoms with Gasteiger partial charge < -0.3 is 5.32 Å². The maximum absolute atomic E-state index is 12.3. The van der Waals surface area contributed by atoms with Crippen molar-refractivity contribution in [3.05, 3.63) is 11.8 Å². The van der Waals surface area contributed by atoms with E-state index in [1.807, 2.05) is 6.07 Å². The first-order chi connectivity index (χ1) is 9.15. The highest BCUT2D eigenvalue weighted by Crippen LogP contribution is 2.69. The Hall–Kier alpha value is -1.32. The number of fused-ring (bicyclic) bond motifs is 5. The molecule has 0 aromatic carbocycles. The van der Waals surface area contributed by atoms with Crippen molar-refractivity contribution in [2.24, 2.45) is 29.6 Å². The number of H-pyrrole nitrogens is 1. The summed E-state index contributed by atoms with van der Waals surface area (Å²) in [7, 11) is 0. The fourth-order valence-electron chi connectivity index (χ4n) is 4.58. The van der Waals surface area contributed by atoms with E-state index in [0.717, 1.165) is 17.5 Å². The third-order valence-electron chi connectivity index (χ3n) is 5.51. The molecule has 0 spiro atoms. The molecule has 3 saturated carbocycles. The summed E-state index contributed by atoms with van der Waals surface area (Å²) in [5.41, 5.74) is 1.08. The minimum absolute atomic E-state index is 0.202. The van der Waals surface area contributed by atoms with Gasteiger partial charge in [0.1, 0.15) is 0 Å². The molecule has 1 aromatic heterocycles. The average molecular weight is 259 g/mol. The minimum Gasteiger partial charge on any atom is -0.309 e. The summed E-state index contributed by atoms with van der Waals surface area (Å²) in [6.07, 6.45) is 4.10. The molecule has 3 fully saturated rings. The van der Waals surface area contributed by atoms with Crippen LogP contribution in [0.5, 0.6) is 0 Å². The van der Waals surface area contributed by atoms with Gasteiger partial charge in [0.05, 0.1) is 0 Å². The summed E-state index contributed by atoms with van der Waals surface area (Å²) < 4.78 is 0. The first kappa shape index (κ1) is 11.5. The van der Waals surface area contributed by atoms with Crippen LogP contribution >= 0.6 is 0 Å². The van der Waals surface area contributed by atoms with Crippen LogP contribution in [0.3, 0.4) is 0 Å². The number of anilines is 1. The molecule has 4 heteroatoms. The highest BCUT2D eigenvalue weighted by Gasteiger charge is 2.67. The molecule has 4 atom stereocenters. The van der Waals surface area contributed by atoms with Crippen LogP contribution in [0.1, 0.15) is 44.7 Å². The van der Waals surface area contributed by atoms with Crippen molar-refractivity contribution in [2.75, 3.05) is 5.32 Å². The second-order valence-electron chi connectivity index (χ2n) is 6.87.